The second-order valence-corrected chi connectivity index (χ2v) is 8.13. The van der Waals surface area contributed by atoms with Gasteiger partial charge in [0.15, 0.2) is 0 Å². The molecule has 3 heterocycles. The summed E-state index contributed by atoms with van der Waals surface area (Å²) >= 11 is 0. The van der Waals surface area contributed by atoms with Gasteiger partial charge in [0.1, 0.15) is 11.9 Å². The van der Waals surface area contributed by atoms with Crippen LogP contribution in [0.2, 0.25) is 0 Å². The molecule has 6 heteroatoms. The van der Waals surface area contributed by atoms with E-state index in [0.717, 1.165) is 76.0 Å². The van der Waals surface area contributed by atoms with Crippen LogP contribution in [0.3, 0.4) is 0 Å². The van der Waals surface area contributed by atoms with Crippen molar-refractivity contribution in [3.8, 4) is 5.75 Å². The van der Waals surface area contributed by atoms with Crippen LogP contribution in [0.15, 0.2) is 24.3 Å². The summed E-state index contributed by atoms with van der Waals surface area (Å²) < 4.78 is 11.5. The SMILES string of the molecule is O=C(c1ccc(OCC2CCCN(C(=O)C3CCCO3)C2)cc1)N1CCCC1. The van der Waals surface area contributed by atoms with E-state index in [1.807, 2.05) is 34.1 Å². The Kier molecular flexibility index (Phi) is 6.15. The first kappa shape index (κ1) is 19.2. The first-order valence-electron chi connectivity index (χ1n) is 10.6. The molecule has 2 unspecified atom stereocenters. The van der Waals surface area contributed by atoms with Crippen LogP contribution in [-0.2, 0) is 9.53 Å². The lowest BCUT2D eigenvalue weighted by Crippen LogP contribution is -2.45. The summed E-state index contributed by atoms with van der Waals surface area (Å²) in [6, 6.07) is 7.46. The van der Waals surface area contributed by atoms with Gasteiger partial charge in [-0.15, -0.1) is 0 Å². The van der Waals surface area contributed by atoms with Crippen LogP contribution in [0.1, 0.15) is 48.9 Å². The molecular formula is C22H30N2O4. The number of piperidine rings is 1. The lowest BCUT2D eigenvalue weighted by Gasteiger charge is -2.34. The minimum atomic E-state index is -0.236. The third kappa shape index (κ3) is 4.49. The average Bonchev–Trinajstić information content (AvgIpc) is 3.46. The lowest BCUT2D eigenvalue weighted by atomic mass is 9.98. The molecule has 0 spiro atoms. The highest BCUT2D eigenvalue weighted by molar-refractivity contribution is 5.94. The minimum Gasteiger partial charge on any atom is -0.493 e. The van der Waals surface area contributed by atoms with E-state index in [4.69, 9.17) is 9.47 Å². The highest BCUT2D eigenvalue weighted by Gasteiger charge is 2.31. The predicted molar refractivity (Wildman–Crippen MR) is 105 cm³/mol. The molecule has 6 nitrogen and oxygen atoms in total. The van der Waals surface area contributed by atoms with Gasteiger partial charge in [0, 0.05) is 44.3 Å². The van der Waals surface area contributed by atoms with Crippen molar-refractivity contribution in [2.24, 2.45) is 5.92 Å². The summed E-state index contributed by atoms with van der Waals surface area (Å²) in [5.74, 6) is 1.37. The molecule has 152 valence electrons. The fraction of sp³-hybridized carbons (Fsp3) is 0.636. The van der Waals surface area contributed by atoms with Gasteiger partial charge >= 0.3 is 0 Å². The van der Waals surface area contributed by atoms with Gasteiger partial charge < -0.3 is 19.3 Å². The molecule has 3 aliphatic rings. The Morgan fingerprint density at radius 1 is 0.964 bits per heavy atom. The number of carbonyl (C=O) groups excluding carboxylic acids is 2. The van der Waals surface area contributed by atoms with Crippen LogP contribution in [0.25, 0.3) is 0 Å². The fourth-order valence-electron chi connectivity index (χ4n) is 4.39. The number of hydrogen-bond donors (Lipinski definition) is 0. The molecule has 0 radical (unpaired) electrons. The monoisotopic (exact) mass is 386 g/mol. The Hall–Kier alpha value is -2.08. The molecule has 1 aromatic rings. The van der Waals surface area contributed by atoms with Crippen molar-refractivity contribution in [1.82, 2.24) is 9.80 Å². The molecular weight excluding hydrogens is 356 g/mol. The zero-order chi connectivity index (χ0) is 19.3. The van der Waals surface area contributed by atoms with Gasteiger partial charge in [-0.2, -0.15) is 0 Å². The van der Waals surface area contributed by atoms with Crippen molar-refractivity contribution in [2.45, 2.75) is 44.6 Å². The number of ether oxygens (including phenoxy) is 2. The second kappa shape index (κ2) is 8.95. The van der Waals surface area contributed by atoms with E-state index in [1.54, 1.807) is 0 Å². The third-order valence-corrected chi connectivity index (χ3v) is 6.02. The number of nitrogens with zero attached hydrogens (tertiary/aromatic N) is 2. The van der Waals surface area contributed by atoms with Gasteiger partial charge in [-0.25, -0.2) is 0 Å². The summed E-state index contributed by atoms with van der Waals surface area (Å²) in [6.45, 7) is 4.58. The number of benzene rings is 1. The smallest absolute Gasteiger partial charge is 0.253 e. The number of hydrogen-bond acceptors (Lipinski definition) is 4. The molecule has 28 heavy (non-hydrogen) atoms. The van der Waals surface area contributed by atoms with Crippen molar-refractivity contribution >= 4 is 11.8 Å². The van der Waals surface area contributed by atoms with E-state index in [-0.39, 0.29) is 17.9 Å². The Balaban J connectivity index is 1.26. The van der Waals surface area contributed by atoms with Gasteiger partial charge in [-0.3, -0.25) is 9.59 Å². The summed E-state index contributed by atoms with van der Waals surface area (Å²) in [4.78, 5) is 28.8. The molecule has 0 bridgehead atoms. The standard InChI is InChI=1S/C22H30N2O4/c25-21(23-11-1-2-12-23)18-7-9-19(10-8-18)28-16-17-5-3-13-24(15-17)22(26)20-6-4-14-27-20/h7-10,17,20H,1-6,11-16H2. The maximum atomic E-state index is 12.6. The fourth-order valence-corrected chi connectivity index (χ4v) is 4.39. The first-order valence-corrected chi connectivity index (χ1v) is 10.6. The van der Waals surface area contributed by atoms with Crippen molar-refractivity contribution in [3.05, 3.63) is 29.8 Å². The second-order valence-electron chi connectivity index (χ2n) is 8.13. The molecule has 3 fully saturated rings. The molecule has 0 aliphatic carbocycles. The van der Waals surface area contributed by atoms with Crippen molar-refractivity contribution < 1.29 is 19.1 Å². The molecule has 0 saturated carbocycles. The molecule has 0 N–H and O–H groups in total. The number of rotatable bonds is 5. The maximum Gasteiger partial charge on any atom is 0.253 e. The van der Waals surface area contributed by atoms with Crippen molar-refractivity contribution in [3.63, 3.8) is 0 Å². The van der Waals surface area contributed by atoms with Gasteiger partial charge in [0.2, 0.25) is 0 Å². The summed E-state index contributed by atoms with van der Waals surface area (Å²) in [5.41, 5.74) is 0.722. The van der Waals surface area contributed by atoms with Gasteiger partial charge in [0.25, 0.3) is 11.8 Å². The summed E-state index contributed by atoms with van der Waals surface area (Å²) in [6.07, 6.45) is 5.87. The first-order chi connectivity index (χ1) is 13.7. The molecule has 0 aromatic heterocycles. The van der Waals surface area contributed by atoms with Crippen molar-refractivity contribution in [2.75, 3.05) is 39.4 Å². The quantitative estimate of drug-likeness (QED) is 0.781. The van der Waals surface area contributed by atoms with Gasteiger partial charge in [0.05, 0.1) is 6.61 Å². The third-order valence-electron chi connectivity index (χ3n) is 6.02. The Morgan fingerprint density at radius 3 is 2.43 bits per heavy atom. The van der Waals surface area contributed by atoms with Crippen molar-refractivity contribution in [1.29, 1.82) is 0 Å². The normalized spacial score (nSPS) is 25.1. The number of amides is 2. The van der Waals surface area contributed by atoms with Crippen LogP contribution in [0.5, 0.6) is 5.75 Å². The maximum absolute atomic E-state index is 12.6. The van der Waals surface area contributed by atoms with Crippen LogP contribution in [0.4, 0.5) is 0 Å². The zero-order valence-corrected chi connectivity index (χ0v) is 16.5. The van der Waals surface area contributed by atoms with Crippen LogP contribution >= 0.6 is 0 Å². The van der Waals surface area contributed by atoms with E-state index in [1.165, 1.54) is 0 Å². The van der Waals surface area contributed by atoms with E-state index in [2.05, 4.69) is 0 Å². The Morgan fingerprint density at radius 2 is 1.71 bits per heavy atom. The largest absolute Gasteiger partial charge is 0.493 e. The molecule has 3 saturated heterocycles. The molecule has 3 aliphatic heterocycles. The van der Waals surface area contributed by atoms with Crippen LogP contribution < -0.4 is 4.74 Å². The minimum absolute atomic E-state index is 0.111. The molecule has 2 atom stereocenters. The van der Waals surface area contributed by atoms with E-state index in [0.29, 0.717) is 19.1 Å². The zero-order valence-electron chi connectivity index (χ0n) is 16.5. The van der Waals surface area contributed by atoms with Gasteiger partial charge in [-0.05, 0) is 62.8 Å². The van der Waals surface area contributed by atoms with Crippen LogP contribution in [-0.4, -0.2) is 67.1 Å². The summed E-state index contributed by atoms with van der Waals surface area (Å²) in [5, 5.41) is 0. The molecule has 2 amide bonds. The van der Waals surface area contributed by atoms with E-state index >= 15 is 0 Å². The average molecular weight is 386 g/mol. The predicted octanol–water partition coefficient (Wildman–Crippen LogP) is 2.72. The Bertz CT molecular complexity index is 678. The number of likely N-dealkylation sites (tertiary alicyclic amines) is 2. The highest BCUT2D eigenvalue weighted by Crippen LogP contribution is 2.23. The Labute approximate surface area is 166 Å². The lowest BCUT2D eigenvalue weighted by molar-refractivity contribution is -0.143. The van der Waals surface area contributed by atoms with Crippen LogP contribution in [0, 0.1) is 5.92 Å². The number of carbonyl (C=O) groups is 2. The van der Waals surface area contributed by atoms with E-state index < -0.39 is 0 Å². The molecule has 4 rings (SSSR count). The van der Waals surface area contributed by atoms with E-state index in [9.17, 15) is 9.59 Å². The van der Waals surface area contributed by atoms with Gasteiger partial charge in [-0.1, -0.05) is 0 Å². The molecule has 1 aromatic carbocycles. The highest BCUT2D eigenvalue weighted by atomic mass is 16.5. The summed E-state index contributed by atoms with van der Waals surface area (Å²) in [7, 11) is 0. The topological polar surface area (TPSA) is 59.1 Å².